The Labute approximate surface area is 101 Å². The number of nitrogens with one attached hydrogen (secondary N) is 1. The van der Waals surface area contributed by atoms with Crippen molar-refractivity contribution in [3.63, 3.8) is 0 Å². The van der Waals surface area contributed by atoms with E-state index in [9.17, 15) is 9.59 Å². The van der Waals surface area contributed by atoms with Gasteiger partial charge in [-0.25, -0.2) is 0 Å². The predicted molar refractivity (Wildman–Crippen MR) is 60.4 cm³/mol. The second-order valence-corrected chi connectivity index (χ2v) is 5.20. The SMILES string of the molecule is CC1CC(C(=O)O)C(C(=O)NC2CCOC2)C1. The van der Waals surface area contributed by atoms with Crippen LogP contribution in [-0.4, -0.2) is 36.2 Å². The molecule has 5 heteroatoms. The van der Waals surface area contributed by atoms with Crippen LogP contribution in [0, 0.1) is 17.8 Å². The third kappa shape index (κ3) is 2.77. The molecule has 5 nitrogen and oxygen atoms in total. The van der Waals surface area contributed by atoms with Crippen molar-refractivity contribution >= 4 is 11.9 Å². The summed E-state index contributed by atoms with van der Waals surface area (Å²) in [4.78, 5) is 23.1. The average Bonchev–Trinajstić information content (AvgIpc) is 2.86. The van der Waals surface area contributed by atoms with Crippen molar-refractivity contribution in [2.24, 2.45) is 17.8 Å². The zero-order valence-corrected chi connectivity index (χ0v) is 10.0. The van der Waals surface area contributed by atoms with E-state index in [0.717, 1.165) is 6.42 Å². The topological polar surface area (TPSA) is 75.6 Å². The van der Waals surface area contributed by atoms with E-state index in [-0.39, 0.29) is 17.9 Å². The summed E-state index contributed by atoms with van der Waals surface area (Å²) in [5.74, 6) is -1.54. The van der Waals surface area contributed by atoms with Crippen LogP contribution in [0.2, 0.25) is 0 Å². The first-order valence-corrected chi connectivity index (χ1v) is 6.19. The minimum absolute atomic E-state index is 0.0628. The molecule has 1 saturated carbocycles. The number of aliphatic carboxylic acids is 1. The summed E-state index contributed by atoms with van der Waals surface area (Å²) >= 11 is 0. The van der Waals surface area contributed by atoms with E-state index >= 15 is 0 Å². The van der Waals surface area contributed by atoms with Crippen molar-refractivity contribution in [3.8, 4) is 0 Å². The van der Waals surface area contributed by atoms with Gasteiger partial charge in [-0.15, -0.1) is 0 Å². The van der Waals surface area contributed by atoms with Gasteiger partial charge in [0.1, 0.15) is 0 Å². The first-order valence-electron chi connectivity index (χ1n) is 6.19. The zero-order chi connectivity index (χ0) is 12.4. The average molecular weight is 241 g/mol. The maximum atomic E-state index is 12.0. The second kappa shape index (κ2) is 5.04. The molecule has 4 atom stereocenters. The maximum Gasteiger partial charge on any atom is 0.307 e. The Balaban J connectivity index is 1.94. The van der Waals surface area contributed by atoms with Gasteiger partial charge in [-0.3, -0.25) is 9.59 Å². The fraction of sp³-hybridized carbons (Fsp3) is 0.833. The molecule has 96 valence electrons. The lowest BCUT2D eigenvalue weighted by molar-refractivity contribution is -0.146. The highest BCUT2D eigenvalue weighted by molar-refractivity contribution is 5.85. The number of hydrogen-bond donors (Lipinski definition) is 2. The van der Waals surface area contributed by atoms with Gasteiger partial charge in [0.15, 0.2) is 0 Å². The molecule has 1 aliphatic heterocycles. The summed E-state index contributed by atoms with van der Waals surface area (Å²) in [6.07, 6.45) is 2.11. The lowest BCUT2D eigenvalue weighted by Crippen LogP contribution is -2.41. The lowest BCUT2D eigenvalue weighted by Gasteiger charge is -2.18. The molecule has 2 rings (SSSR count). The van der Waals surface area contributed by atoms with E-state index in [2.05, 4.69) is 5.32 Å². The van der Waals surface area contributed by atoms with Gasteiger partial charge in [0.05, 0.1) is 24.5 Å². The number of hydrogen-bond acceptors (Lipinski definition) is 3. The van der Waals surface area contributed by atoms with E-state index in [1.165, 1.54) is 0 Å². The molecule has 2 fully saturated rings. The zero-order valence-electron chi connectivity index (χ0n) is 10.0. The fourth-order valence-corrected chi connectivity index (χ4v) is 2.81. The lowest BCUT2D eigenvalue weighted by atomic mass is 9.95. The van der Waals surface area contributed by atoms with Crippen LogP contribution in [0.15, 0.2) is 0 Å². The number of ether oxygens (including phenoxy) is 1. The van der Waals surface area contributed by atoms with Crippen LogP contribution in [0.1, 0.15) is 26.2 Å². The molecule has 1 heterocycles. The number of carboxylic acid groups (broad SMARTS) is 1. The minimum Gasteiger partial charge on any atom is -0.481 e. The number of carbonyl (C=O) groups excluding carboxylic acids is 1. The molecule has 0 bridgehead atoms. The van der Waals surface area contributed by atoms with Crippen molar-refractivity contribution < 1.29 is 19.4 Å². The van der Waals surface area contributed by atoms with Crippen LogP contribution < -0.4 is 5.32 Å². The summed E-state index contributed by atoms with van der Waals surface area (Å²) < 4.78 is 5.18. The van der Waals surface area contributed by atoms with Gasteiger partial charge in [-0.05, 0) is 25.2 Å². The van der Waals surface area contributed by atoms with Crippen LogP contribution in [0.25, 0.3) is 0 Å². The monoisotopic (exact) mass is 241 g/mol. The van der Waals surface area contributed by atoms with Crippen molar-refractivity contribution in [1.82, 2.24) is 5.32 Å². The molecule has 17 heavy (non-hydrogen) atoms. The molecule has 1 amide bonds. The molecule has 4 unspecified atom stereocenters. The highest BCUT2D eigenvalue weighted by Crippen LogP contribution is 2.36. The predicted octanol–water partition coefficient (Wildman–Crippen LogP) is 0.638. The maximum absolute atomic E-state index is 12.0. The Kier molecular flexibility index (Phi) is 3.66. The van der Waals surface area contributed by atoms with E-state index < -0.39 is 11.9 Å². The van der Waals surface area contributed by atoms with Crippen LogP contribution >= 0.6 is 0 Å². The quantitative estimate of drug-likeness (QED) is 0.760. The van der Waals surface area contributed by atoms with Gasteiger partial charge in [0.2, 0.25) is 5.91 Å². The molecule has 0 aromatic rings. The Bertz CT molecular complexity index is 312. The number of amides is 1. The van der Waals surface area contributed by atoms with Crippen molar-refractivity contribution in [1.29, 1.82) is 0 Å². The van der Waals surface area contributed by atoms with Crippen LogP contribution in [0.5, 0.6) is 0 Å². The van der Waals surface area contributed by atoms with E-state index in [1.54, 1.807) is 0 Å². The highest BCUT2D eigenvalue weighted by Gasteiger charge is 2.41. The Morgan fingerprint density at radius 2 is 2.00 bits per heavy atom. The van der Waals surface area contributed by atoms with E-state index in [4.69, 9.17) is 9.84 Å². The van der Waals surface area contributed by atoms with E-state index in [0.29, 0.717) is 32.0 Å². The van der Waals surface area contributed by atoms with Crippen LogP contribution in [-0.2, 0) is 14.3 Å². The Morgan fingerprint density at radius 3 is 2.59 bits per heavy atom. The molecule has 2 aliphatic rings. The fourth-order valence-electron chi connectivity index (χ4n) is 2.81. The smallest absolute Gasteiger partial charge is 0.307 e. The van der Waals surface area contributed by atoms with Gasteiger partial charge >= 0.3 is 5.97 Å². The first kappa shape index (κ1) is 12.4. The summed E-state index contributed by atoms with van der Waals surface area (Å²) in [5, 5.41) is 12.0. The van der Waals surface area contributed by atoms with Gasteiger partial charge in [-0.1, -0.05) is 6.92 Å². The third-order valence-electron chi connectivity index (χ3n) is 3.73. The number of carbonyl (C=O) groups is 2. The van der Waals surface area contributed by atoms with Crippen molar-refractivity contribution in [2.45, 2.75) is 32.2 Å². The van der Waals surface area contributed by atoms with Gasteiger partial charge < -0.3 is 15.2 Å². The number of rotatable bonds is 3. The second-order valence-electron chi connectivity index (χ2n) is 5.20. The summed E-state index contributed by atoms with van der Waals surface area (Å²) in [6.45, 7) is 3.22. The summed E-state index contributed by atoms with van der Waals surface area (Å²) in [5.41, 5.74) is 0. The van der Waals surface area contributed by atoms with Gasteiger partial charge in [-0.2, -0.15) is 0 Å². The number of carboxylic acids is 1. The minimum atomic E-state index is -0.850. The van der Waals surface area contributed by atoms with Gasteiger partial charge in [0.25, 0.3) is 0 Å². The summed E-state index contributed by atoms with van der Waals surface area (Å²) in [7, 11) is 0. The largest absolute Gasteiger partial charge is 0.481 e. The molecule has 0 aromatic carbocycles. The molecule has 1 aliphatic carbocycles. The molecule has 0 spiro atoms. The molecule has 1 saturated heterocycles. The van der Waals surface area contributed by atoms with Crippen LogP contribution in [0.3, 0.4) is 0 Å². The van der Waals surface area contributed by atoms with Crippen molar-refractivity contribution in [3.05, 3.63) is 0 Å². The molecular weight excluding hydrogens is 222 g/mol. The first-order chi connectivity index (χ1) is 8.08. The Hall–Kier alpha value is -1.10. The van der Waals surface area contributed by atoms with E-state index in [1.807, 2.05) is 6.92 Å². The molecule has 2 N–H and O–H groups in total. The van der Waals surface area contributed by atoms with Crippen LogP contribution in [0.4, 0.5) is 0 Å². The normalized spacial score (nSPS) is 37.0. The standard InChI is InChI=1S/C12H19NO4/c1-7-4-9(10(5-7)12(15)16)11(14)13-8-2-3-17-6-8/h7-10H,2-6H2,1H3,(H,13,14)(H,15,16). The Morgan fingerprint density at radius 1 is 1.29 bits per heavy atom. The third-order valence-corrected chi connectivity index (χ3v) is 3.73. The van der Waals surface area contributed by atoms with Gasteiger partial charge in [0, 0.05) is 6.61 Å². The highest BCUT2D eigenvalue weighted by atomic mass is 16.5. The summed E-state index contributed by atoms with van der Waals surface area (Å²) in [6, 6.07) is 0.0628. The molecule has 0 radical (unpaired) electrons. The van der Waals surface area contributed by atoms with Crippen molar-refractivity contribution in [2.75, 3.05) is 13.2 Å². The molecular formula is C12H19NO4. The molecule has 0 aromatic heterocycles.